The van der Waals surface area contributed by atoms with Crippen LogP contribution in [0.15, 0.2) is 12.1 Å². The molecule has 0 unspecified atom stereocenters. The normalized spacial score (nSPS) is 14.3. The Morgan fingerprint density at radius 1 is 1.04 bits per heavy atom. The van der Waals surface area contributed by atoms with Gasteiger partial charge in [0.05, 0.1) is 27.8 Å². The lowest BCUT2D eigenvalue weighted by atomic mass is 9.96. The molecule has 1 fully saturated rings. The Hall–Kier alpha value is -2.97. The van der Waals surface area contributed by atoms with E-state index < -0.39 is 5.97 Å². The van der Waals surface area contributed by atoms with Crippen molar-refractivity contribution < 1.29 is 33.3 Å². The summed E-state index contributed by atoms with van der Waals surface area (Å²) in [4.78, 5) is 37.1. The van der Waals surface area contributed by atoms with Crippen molar-refractivity contribution in [2.45, 2.75) is 19.3 Å². The molecule has 1 aromatic rings. The predicted molar refractivity (Wildman–Crippen MR) is 99.3 cm³/mol. The first kappa shape index (κ1) is 21.3. The molecule has 0 aliphatic carbocycles. The lowest BCUT2D eigenvalue weighted by molar-refractivity contribution is -0.152. The van der Waals surface area contributed by atoms with Crippen LogP contribution in [0, 0.1) is 5.92 Å². The lowest BCUT2D eigenvalue weighted by Crippen LogP contribution is -2.43. The van der Waals surface area contributed by atoms with Gasteiger partial charge in [-0.1, -0.05) is 0 Å². The Kier molecular flexibility index (Phi) is 7.48. The minimum Gasteiger partial charge on any atom is -0.493 e. The van der Waals surface area contributed by atoms with Crippen LogP contribution in [-0.4, -0.2) is 63.7 Å². The molecule has 1 aromatic carbocycles. The van der Waals surface area contributed by atoms with Crippen LogP contribution in [0.4, 0.5) is 0 Å². The molecule has 2 N–H and O–H groups in total. The average Bonchev–Trinajstić information content (AvgIpc) is 2.71. The highest BCUT2D eigenvalue weighted by Gasteiger charge is 2.26. The minimum atomic E-state index is -0.547. The van der Waals surface area contributed by atoms with Gasteiger partial charge in [-0.2, -0.15) is 0 Å². The number of primary amides is 1. The molecular formula is C19H26N2O7. The van der Waals surface area contributed by atoms with Gasteiger partial charge in [-0.05, 0) is 30.5 Å². The van der Waals surface area contributed by atoms with Crippen LogP contribution < -0.4 is 19.9 Å². The molecule has 1 aliphatic heterocycles. The number of hydrogen-bond acceptors (Lipinski definition) is 7. The molecule has 0 saturated carbocycles. The van der Waals surface area contributed by atoms with Crippen molar-refractivity contribution in [3.05, 3.63) is 17.7 Å². The molecule has 9 heteroatoms. The number of ether oxygens (including phenoxy) is 4. The van der Waals surface area contributed by atoms with Gasteiger partial charge < -0.3 is 29.6 Å². The Bertz CT molecular complexity index is 702. The van der Waals surface area contributed by atoms with Crippen molar-refractivity contribution in [1.82, 2.24) is 4.90 Å². The lowest BCUT2D eigenvalue weighted by Gasteiger charge is -2.30. The molecule has 0 bridgehead atoms. The van der Waals surface area contributed by atoms with Gasteiger partial charge in [0, 0.05) is 19.0 Å². The van der Waals surface area contributed by atoms with E-state index in [1.165, 1.54) is 21.3 Å². The standard InChI is InChI=1S/C19H26N2O7/c1-25-14-8-12(9-15(26-2)18(14)27-3)10-17(23)28-11-16(22)21-6-4-13(5-7-21)19(20)24/h8-9,13H,4-7,10-11H2,1-3H3,(H2,20,24). The van der Waals surface area contributed by atoms with Crippen LogP contribution in [0.3, 0.4) is 0 Å². The highest BCUT2D eigenvalue weighted by Crippen LogP contribution is 2.38. The van der Waals surface area contributed by atoms with Gasteiger partial charge in [0.1, 0.15) is 0 Å². The summed E-state index contributed by atoms with van der Waals surface area (Å²) in [6.45, 7) is 0.512. The number of rotatable bonds is 8. The molecule has 28 heavy (non-hydrogen) atoms. The van der Waals surface area contributed by atoms with E-state index in [1.807, 2.05) is 0 Å². The van der Waals surface area contributed by atoms with Gasteiger partial charge >= 0.3 is 5.97 Å². The second-order valence-electron chi connectivity index (χ2n) is 6.43. The second kappa shape index (κ2) is 9.82. The summed E-state index contributed by atoms with van der Waals surface area (Å²) in [6.07, 6.45) is 1.01. The SMILES string of the molecule is COc1cc(CC(=O)OCC(=O)N2CCC(C(N)=O)CC2)cc(OC)c1OC. The van der Waals surface area contributed by atoms with Gasteiger partial charge in [-0.25, -0.2) is 0 Å². The van der Waals surface area contributed by atoms with Crippen molar-refractivity contribution in [2.24, 2.45) is 11.7 Å². The maximum Gasteiger partial charge on any atom is 0.310 e. The van der Waals surface area contributed by atoms with E-state index in [-0.39, 0.29) is 30.8 Å². The third-order valence-electron chi connectivity index (χ3n) is 4.68. The number of methoxy groups -OCH3 is 3. The molecule has 0 atom stereocenters. The Morgan fingerprint density at radius 2 is 1.61 bits per heavy atom. The molecular weight excluding hydrogens is 368 g/mol. The van der Waals surface area contributed by atoms with Crippen LogP contribution in [0.25, 0.3) is 0 Å². The summed E-state index contributed by atoms with van der Waals surface area (Å²) in [5.74, 6) is -0.0981. The molecule has 2 amide bonds. The van der Waals surface area contributed by atoms with E-state index in [0.717, 1.165) is 0 Å². The number of nitrogens with two attached hydrogens (primary N) is 1. The van der Waals surface area contributed by atoms with Gasteiger partial charge in [0.15, 0.2) is 18.1 Å². The molecule has 9 nitrogen and oxygen atoms in total. The van der Waals surface area contributed by atoms with E-state index >= 15 is 0 Å². The molecule has 154 valence electrons. The van der Waals surface area contributed by atoms with Crippen LogP contribution >= 0.6 is 0 Å². The van der Waals surface area contributed by atoms with Gasteiger partial charge in [0.25, 0.3) is 5.91 Å². The quantitative estimate of drug-likeness (QED) is 0.639. The number of hydrogen-bond donors (Lipinski definition) is 1. The summed E-state index contributed by atoms with van der Waals surface area (Å²) in [5, 5.41) is 0. The van der Waals surface area contributed by atoms with Crippen LogP contribution in [0.1, 0.15) is 18.4 Å². The monoisotopic (exact) mass is 394 g/mol. The fourth-order valence-corrected chi connectivity index (χ4v) is 3.10. The fraction of sp³-hybridized carbons (Fsp3) is 0.526. The van der Waals surface area contributed by atoms with Gasteiger partial charge in [0.2, 0.25) is 11.7 Å². The maximum atomic E-state index is 12.2. The fourth-order valence-electron chi connectivity index (χ4n) is 3.10. The first-order valence-corrected chi connectivity index (χ1v) is 8.91. The number of benzene rings is 1. The van der Waals surface area contributed by atoms with E-state index in [2.05, 4.69) is 0 Å². The zero-order valence-corrected chi connectivity index (χ0v) is 16.4. The number of piperidine rings is 1. The first-order chi connectivity index (χ1) is 13.4. The van der Waals surface area contributed by atoms with Gasteiger partial charge in [-0.15, -0.1) is 0 Å². The smallest absolute Gasteiger partial charge is 0.310 e. The molecule has 0 aromatic heterocycles. The minimum absolute atomic E-state index is 0.0479. The van der Waals surface area contributed by atoms with Crippen molar-refractivity contribution in [1.29, 1.82) is 0 Å². The number of amides is 2. The zero-order chi connectivity index (χ0) is 20.7. The summed E-state index contributed by atoms with van der Waals surface area (Å²) in [5.41, 5.74) is 5.89. The van der Waals surface area contributed by atoms with Crippen molar-refractivity contribution in [3.63, 3.8) is 0 Å². The van der Waals surface area contributed by atoms with Crippen LogP contribution in [-0.2, 0) is 25.5 Å². The van der Waals surface area contributed by atoms with Gasteiger partial charge in [-0.3, -0.25) is 14.4 Å². The molecule has 1 heterocycles. The first-order valence-electron chi connectivity index (χ1n) is 8.91. The number of carbonyl (C=O) groups excluding carboxylic acids is 3. The topological polar surface area (TPSA) is 117 Å². The molecule has 0 radical (unpaired) electrons. The molecule has 2 rings (SSSR count). The molecule has 1 saturated heterocycles. The predicted octanol–water partition coefficient (Wildman–Crippen LogP) is 0.522. The molecule has 0 spiro atoms. The van der Waals surface area contributed by atoms with Crippen LogP contribution in [0.5, 0.6) is 17.2 Å². The van der Waals surface area contributed by atoms with E-state index in [9.17, 15) is 14.4 Å². The molecule has 1 aliphatic rings. The van der Waals surface area contributed by atoms with Crippen molar-refractivity contribution in [2.75, 3.05) is 41.0 Å². The number of nitrogens with zero attached hydrogens (tertiary/aromatic N) is 1. The third-order valence-corrected chi connectivity index (χ3v) is 4.68. The van der Waals surface area contributed by atoms with E-state index in [4.69, 9.17) is 24.7 Å². The summed E-state index contributed by atoms with van der Waals surface area (Å²) in [6, 6.07) is 3.30. The number of carbonyl (C=O) groups is 3. The Balaban J connectivity index is 1.89. The largest absolute Gasteiger partial charge is 0.493 e. The second-order valence-corrected chi connectivity index (χ2v) is 6.43. The Morgan fingerprint density at radius 3 is 2.07 bits per heavy atom. The Labute approximate surface area is 163 Å². The van der Waals surface area contributed by atoms with E-state index in [0.29, 0.717) is 48.7 Å². The van der Waals surface area contributed by atoms with Crippen LogP contribution in [0.2, 0.25) is 0 Å². The zero-order valence-electron chi connectivity index (χ0n) is 16.4. The van der Waals surface area contributed by atoms with Crippen molar-refractivity contribution in [3.8, 4) is 17.2 Å². The number of esters is 1. The number of likely N-dealkylation sites (tertiary alicyclic amines) is 1. The highest BCUT2D eigenvalue weighted by atomic mass is 16.5. The summed E-state index contributed by atoms with van der Waals surface area (Å²) < 4.78 is 20.9. The highest BCUT2D eigenvalue weighted by molar-refractivity contribution is 5.82. The van der Waals surface area contributed by atoms with Crippen molar-refractivity contribution >= 4 is 17.8 Å². The van der Waals surface area contributed by atoms with E-state index in [1.54, 1.807) is 17.0 Å². The third kappa shape index (κ3) is 5.28. The maximum absolute atomic E-state index is 12.2. The summed E-state index contributed by atoms with van der Waals surface area (Å²) >= 11 is 0. The summed E-state index contributed by atoms with van der Waals surface area (Å²) in [7, 11) is 4.46. The average molecular weight is 394 g/mol.